The summed E-state index contributed by atoms with van der Waals surface area (Å²) in [7, 11) is -3.83. The molecule has 1 unspecified atom stereocenters. The Kier molecular flexibility index (Phi) is 4.61. The van der Waals surface area contributed by atoms with Crippen LogP contribution < -0.4 is 5.32 Å². The number of nitrogens with one attached hydrogen (secondary N) is 1. The Morgan fingerprint density at radius 3 is 2.70 bits per heavy atom. The molecule has 2 aliphatic rings. The van der Waals surface area contributed by atoms with Crippen LogP contribution in [0.3, 0.4) is 0 Å². The number of aliphatic carboxylic acids is 1. The molecule has 114 valence electrons. The summed E-state index contributed by atoms with van der Waals surface area (Å²) in [6.45, 7) is 0.745. The fraction of sp³-hybridized carbons (Fsp3) is 0.818. The molecule has 9 heteroatoms. The number of carbonyl (C=O) groups excluding carboxylic acids is 1. The predicted molar refractivity (Wildman–Crippen MR) is 70.1 cm³/mol. The first-order chi connectivity index (χ1) is 9.43. The van der Waals surface area contributed by atoms with Gasteiger partial charge in [0.25, 0.3) is 10.2 Å². The number of carboxylic acids is 1. The van der Waals surface area contributed by atoms with Crippen LogP contribution in [0.25, 0.3) is 0 Å². The Hall–Kier alpha value is -1.19. The maximum absolute atomic E-state index is 12.6. The molecule has 0 bridgehead atoms. The topological polar surface area (TPSA) is 107 Å². The van der Waals surface area contributed by atoms with Gasteiger partial charge in [0, 0.05) is 32.6 Å². The van der Waals surface area contributed by atoms with Crippen LogP contribution in [0, 0.1) is 0 Å². The van der Waals surface area contributed by atoms with Crippen LogP contribution in [0.2, 0.25) is 0 Å². The molecule has 2 fully saturated rings. The van der Waals surface area contributed by atoms with Gasteiger partial charge in [-0.15, -0.1) is 0 Å². The van der Waals surface area contributed by atoms with E-state index >= 15 is 0 Å². The molecule has 0 aromatic rings. The molecule has 2 N–H and O–H groups in total. The molecule has 0 aliphatic carbocycles. The number of hydrogen-bond acceptors (Lipinski definition) is 4. The van der Waals surface area contributed by atoms with Gasteiger partial charge < -0.3 is 10.4 Å². The molecule has 1 atom stereocenters. The minimum Gasteiger partial charge on any atom is -0.480 e. The lowest BCUT2D eigenvalue weighted by molar-refractivity contribution is -0.142. The summed E-state index contributed by atoms with van der Waals surface area (Å²) in [4.78, 5) is 22.5. The number of hydrogen-bond donors (Lipinski definition) is 2. The Morgan fingerprint density at radius 2 is 2.00 bits per heavy atom. The first kappa shape index (κ1) is 15.2. The first-order valence-electron chi connectivity index (χ1n) is 6.69. The second kappa shape index (κ2) is 6.06. The summed E-state index contributed by atoms with van der Waals surface area (Å²) in [6, 6.07) is -0.999. The zero-order valence-corrected chi connectivity index (χ0v) is 11.9. The van der Waals surface area contributed by atoms with E-state index in [1.54, 1.807) is 0 Å². The van der Waals surface area contributed by atoms with Crippen molar-refractivity contribution in [3.8, 4) is 0 Å². The Morgan fingerprint density at radius 1 is 1.25 bits per heavy atom. The maximum Gasteiger partial charge on any atom is 0.322 e. The quantitative estimate of drug-likeness (QED) is 0.695. The Bertz CT molecular complexity index is 492. The molecule has 2 aliphatic heterocycles. The van der Waals surface area contributed by atoms with E-state index in [1.807, 2.05) is 0 Å². The lowest BCUT2D eigenvalue weighted by Gasteiger charge is -2.35. The van der Waals surface area contributed by atoms with Crippen LogP contribution in [0.5, 0.6) is 0 Å². The van der Waals surface area contributed by atoms with Crippen molar-refractivity contribution < 1.29 is 23.1 Å². The van der Waals surface area contributed by atoms with Gasteiger partial charge in [-0.25, -0.2) is 0 Å². The van der Waals surface area contributed by atoms with Gasteiger partial charge in [0.05, 0.1) is 0 Å². The standard InChI is InChI=1S/C11H19N3O5S/c15-10-4-7-13(8-5-12-10)20(18,19)14-6-2-1-3-9(14)11(16)17/h9H,1-8H2,(H,12,15)(H,16,17). The smallest absolute Gasteiger partial charge is 0.322 e. The molecule has 20 heavy (non-hydrogen) atoms. The second-order valence-corrected chi connectivity index (χ2v) is 6.85. The lowest BCUT2D eigenvalue weighted by atomic mass is 10.1. The Balaban J connectivity index is 2.19. The third kappa shape index (κ3) is 3.10. The minimum absolute atomic E-state index is 0.0943. The average Bonchev–Trinajstić information content (AvgIpc) is 2.64. The summed E-state index contributed by atoms with van der Waals surface area (Å²) < 4.78 is 27.4. The molecule has 0 aromatic carbocycles. The molecular formula is C11H19N3O5S. The van der Waals surface area contributed by atoms with Gasteiger partial charge in [0.1, 0.15) is 6.04 Å². The number of nitrogens with zero attached hydrogens (tertiary/aromatic N) is 2. The van der Waals surface area contributed by atoms with Crippen molar-refractivity contribution in [1.29, 1.82) is 0 Å². The number of rotatable bonds is 3. The van der Waals surface area contributed by atoms with E-state index in [2.05, 4.69) is 5.32 Å². The molecule has 2 rings (SSSR count). The largest absolute Gasteiger partial charge is 0.480 e. The van der Waals surface area contributed by atoms with E-state index in [-0.39, 0.29) is 38.5 Å². The highest BCUT2D eigenvalue weighted by Gasteiger charge is 2.40. The molecule has 2 heterocycles. The van der Waals surface area contributed by atoms with Crippen molar-refractivity contribution in [2.45, 2.75) is 31.7 Å². The molecule has 8 nitrogen and oxygen atoms in total. The first-order valence-corrected chi connectivity index (χ1v) is 8.09. The second-order valence-electron chi connectivity index (χ2n) is 4.97. The Labute approximate surface area is 117 Å². The lowest BCUT2D eigenvalue weighted by Crippen LogP contribution is -2.53. The van der Waals surface area contributed by atoms with Crippen LogP contribution in [-0.4, -0.2) is 66.2 Å². The highest BCUT2D eigenvalue weighted by Crippen LogP contribution is 2.23. The van der Waals surface area contributed by atoms with Crippen LogP contribution >= 0.6 is 0 Å². The third-order valence-corrected chi connectivity index (χ3v) is 5.68. The van der Waals surface area contributed by atoms with Gasteiger partial charge in [0.2, 0.25) is 5.91 Å². The van der Waals surface area contributed by atoms with Gasteiger partial charge in [-0.1, -0.05) is 0 Å². The van der Waals surface area contributed by atoms with Crippen LogP contribution in [-0.2, 0) is 19.8 Å². The summed E-state index contributed by atoms with van der Waals surface area (Å²) in [5, 5.41) is 11.8. The normalized spacial score (nSPS) is 26.8. The molecule has 0 saturated carbocycles. The summed E-state index contributed by atoms with van der Waals surface area (Å²) in [6.07, 6.45) is 1.81. The van der Waals surface area contributed by atoms with Gasteiger partial charge in [-0.2, -0.15) is 17.0 Å². The van der Waals surface area contributed by atoms with Crippen LogP contribution in [0.4, 0.5) is 0 Å². The highest BCUT2D eigenvalue weighted by atomic mass is 32.2. The summed E-state index contributed by atoms with van der Waals surface area (Å²) in [5.74, 6) is -1.30. The molecule has 0 radical (unpaired) electrons. The summed E-state index contributed by atoms with van der Waals surface area (Å²) >= 11 is 0. The average molecular weight is 305 g/mol. The number of carbonyl (C=O) groups is 2. The molecule has 2 saturated heterocycles. The van der Waals surface area contributed by atoms with Crippen molar-refractivity contribution in [2.75, 3.05) is 26.2 Å². The van der Waals surface area contributed by atoms with Crippen molar-refractivity contribution in [1.82, 2.24) is 13.9 Å². The van der Waals surface area contributed by atoms with E-state index in [9.17, 15) is 23.1 Å². The van der Waals surface area contributed by atoms with E-state index in [4.69, 9.17) is 0 Å². The van der Waals surface area contributed by atoms with Crippen LogP contribution in [0.15, 0.2) is 0 Å². The minimum atomic E-state index is -3.83. The molecular weight excluding hydrogens is 286 g/mol. The monoisotopic (exact) mass is 305 g/mol. The maximum atomic E-state index is 12.6. The number of piperidine rings is 1. The summed E-state index contributed by atoms with van der Waals surface area (Å²) in [5.41, 5.74) is 0. The van der Waals surface area contributed by atoms with Crippen molar-refractivity contribution in [2.24, 2.45) is 0 Å². The zero-order valence-electron chi connectivity index (χ0n) is 11.1. The molecule has 0 spiro atoms. The number of carboxylic acid groups (broad SMARTS) is 1. The van der Waals surface area contributed by atoms with Crippen molar-refractivity contribution >= 4 is 22.1 Å². The fourth-order valence-corrected chi connectivity index (χ4v) is 4.37. The highest BCUT2D eigenvalue weighted by molar-refractivity contribution is 7.86. The SMILES string of the molecule is O=C1CCN(S(=O)(=O)N2CCCCC2C(=O)O)CCN1. The van der Waals surface area contributed by atoms with E-state index in [0.29, 0.717) is 19.3 Å². The van der Waals surface area contributed by atoms with Gasteiger partial charge in [-0.05, 0) is 19.3 Å². The molecule has 0 aromatic heterocycles. The van der Waals surface area contributed by atoms with Gasteiger partial charge >= 0.3 is 5.97 Å². The third-order valence-electron chi connectivity index (χ3n) is 3.63. The molecule has 1 amide bonds. The van der Waals surface area contributed by atoms with E-state index in [0.717, 1.165) is 4.31 Å². The predicted octanol–water partition coefficient (Wildman–Crippen LogP) is -1.01. The number of amides is 1. The van der Waals surface area contributed by atoms with Crippen molar-refractivity contribution in [3.05, 3.63) is 0 Å². The van der Waals surface area contributed by atoms with E-state index in [1.165, 1.54) is 4.31 Å². The zero-order chi connectivity index (χ0) is 14.8. The van der Waals surface area contributed by atoms with Gasteiger partial charge in [0.15, 0.2) is 0 Å². The van der Waals surface area contributed by atoms with Crippen LogP contribution in [0.1, 0.15) is 25.7 Å². The van der Waals surface area contributed by atoms with Gasteiger partial charge in [-0.3, -0.25) is 9.59 Å². The van der Waals surface area contributed by atoms with Crippen molar-refractivity contribution in [3.63, 3.8) is 0 Å². The fourth-order valence-electron chi connectivity index (χ4n) is 2.55. The van der Waals surface area contributed by atoms with E-state index < -0.39 is 22.2 Å².